The molecule has 2 rings (SSSR count). The van der Waals surface area contributed by atoms with E-state index in [0.29, 0.717) is 5.88 Å². The van der Waals surface area contributed by atoms with Crippen molar-refractivity contribution in [2.24, 2.45) is 0 Å². The van der Waals surface area contributed by atoms with Gasteiger partial charge in [-0.15, -0.1) is 11.6 Å². The second kappa shape index (κ2) is 7.17. The average molecular weight is 277 g/mol. The molecule has 3 heteroatoms. The number of benzene rings is 2. The first-order chi connectivity index (χ1) is 9.31. The van der Waals surface area contributed by atoms with Gasteiger partial charge in [-0.05, 0) is 41.8 Å². The minimum absolute atomic E-state index is 0.522. The zero-order valence-corrected chi connectivity index (χ0v) is 11.7. The number of alkyl halides is 1. The highest BCUT2D eigenvalue weighted by atomic mass is 35.5. The maximum atomic E-state index is 5.76. The van der Waals surface area contributed by atoms with Crippen LogP contribution in [0.5, 0.6) is 11.5 Å². The Hall–Kier alpha value is -1.51. The predicted octanol–water partition coefficient (Wildman–Crippen LogP) is 4.41. The molecule has 2 aromatic carbocycles. The molecule has 0 aliphatic carbocycles. The van der Waals surface area contributed by atoms with E-state index in [1.807, 2.05) is 36.4 Å². The summed E-state index contributed by atoms with van der Waals surface area (Å²) < 4.78 is 10.8. The van der Waals surface area contributed by atoms with Crippen molar-refractivity contribution in [2.75, 3.05) is 13.7 Å². The van der Waals surface area contributed by atoms with Crippen LogP contribution in [0, 0.1) is 0 Å². The Morgan fingerprint density at radius 3 is 1.84 bits per heavy atom. The van der Waals surface area contributed by atoms with E-state index in [0.717, 1.165) is 30.1 Å². The molecule has 0 unspecified atom stereocenters. The van der Waals surface area contributed by atoms with Crippen LogP contribution in [-0.2, 0) is 17.0 Å². The fourth-order valence-corrected chi connectivity index (χ4v) is 1.90. The summed E-state index contributed by atoms with van der Waals surface area (Å²) in [6.45, 7) is 0.736. The van der Waals surface area contributed by atoms with Crippen molar-refractivity contribution in [3.05, 3.63) is 59.7 Å². The standard InChI is InChI=1S/C16H17ClO2/c1-18-11-10-13-2-6-15(7-3-13)19-16-8-4-14(12-17)5-9-16/h2-9H,10-12H2,1H3. The lowest BCUT2D eigenvalue weighted by molar-refractivity contribution is 0.202. The Balaban J connectivity index is 1.98. The first-order valence-electron chi connectivity index (χ1n) is 6.22. The van der Waals surface area contributed by atoms with Gasteiger partial charge >= 0.3 is 0 Å². The number of hydrogen-bond donors (Lipinski definition) is 0. The van der Waals surface area contributed by atoms with E-state index < -0.39 is 0 Å². The lowest BCUT2D eigenvalue weighted by Crippen LogP contribution is -1.94. The van der Waals surface area contributed by atoms with Gasteiger partial charge in [0, 0.05) is 13.0 Å². The van der Waals surface area contributed by atoms with Crippen LogP contribution in [0.25, 0.3) is 0 Å². The number of methoxy groups -OCH3 is 1. The summed E-state index contributed by atoms with van der Waals surface area (Å²) in [5.74, 6) is 2.17. The van der Waals surface area contributed by atoms with Crippen LogP contribution >= 0.6 is 11.6 Å². The van der Waals surface area contributed by atoms with Crippen molar-refractivity contribution in [2.45, 2.75) is 12.3 Å². The largest absolute Gasteiger partial charge is 0.457 e. The molecule has 0 saturated heterocycles. The molecule has 0 aliphatic rings. The van der Waals surface area contributed by atoms with Gasteiger partial charge < -0.3 is 9.47 Å². The molecule has 0 amide bonds. The van der Waals surface area contributed by atoms with Gasteiger partial charge in [0.25, 0.3) is 0 Å². The molecule has 0 fully saturated rings. The van der Waals surface area contributed by atoms with Crippen LogP contribution in [0.2, 0.25) is 0 Å². The smallest absolute Gasteiger partial charge is 0.127 e. The molecule has 19 heavy (non-hydrogen) atoms. The summed E-state index contributed by atoms with van der Waals surface area (Å²) in [4.78, 5) is 0. The number of rotatable bonds is 6. The highest BCUT2D eigenvalue weighted by molar-refractivity contribution is 6.17. The van der Waals surface area contributed by atoms with Crippen LogP contribution < -0.4 is 4.74 Å². The van der Waals surface area contributed by atoms with Crippen molar-refractivity contribution >= 4 is 11.6 Å². The summed E-state index contributed by atoms with van der Waals surface area (Å²) in [6, 6.07) is 15.8. The number of halogens is 1. The topological polar surface area (TPSA) is 18.5 Å². The van der Waals surface area contributed by atoms with Gasteiger partial charge in [-0.25, -0.2) is 0 Å². The lowest BCUT2D eigenvalue weighted by Gasteiger charge is -2.07. The van der Waals surface area contributed by atoms with Gasteiger partial charge in [0.2, 0.25) is 0 Å². The Labute approximate surface area is 118 Å². The third-order valence-corrected chi connectivity index (χ3v) is 3.14. The molecule has 0 saturated carbocycles. The normalized spacial score (nSPS) is 10.4. The molecular weight excluding hydrogens is 260 g/mol. The van der Waals surface area contributed by atoms with Crippen molar-refractivity contribution in [3.63, 3.8) is 0 Å². The Morgan fingerprint density at radius 1 is 0.842 bits per heavy atom. The van der Waals surface area contributed by atoms with E-state index in [-0.39, 0.29) is 0 Å². The van der Waals surface area contributed by atoms with E-state index in [9.17, 15) is 0 Å². The van der Waals surface area contributed by atoms with Crippen molar-refractivity contribution in [3.8, 4) is 11.5 Å². The average Bonchev–Trinajstić information content (AvgIpc) is 2.47. The van der Waals surface area contributed by atoms with Gasteiger partial charge in [0.15, 0.2) is 0 Å². The Bertz CT molecular complexity index is 491. The second-order valence-corrected chi connectivity index (χ2v) is 4.53. The van der Waals surface area contributed by atoms with Gasteiger partial charge in [-0.3, -0.25) is 0 Å². The van der Waals surface area contributed by atoms with Crippen LogP contribution in [0.4, 0.5) is 0 Å². The third-order valence-electron chi connectivity index (χ3n) is 2.83. The minimum atomic E-state index is 0.522. The van der Waals surface area contributed by atoms with E-state index in [2.05, 4.69) is 12.1 Å². The molecule has 2 nitrogen and oxygen atoms in total. The molecule has 0 aromatic heterocycles. The molecule has 0 bridgehead atoms. The molecule has 0 aliphatic heterocycles. The Kier molecular flexibility index (Phi) is 5.25. The summed E-state index contributed by atoms with van der Waals surface area (Å²) >= 11 is 5.75. The second-order valence-electron chi connectivity index (χ2n) is 4.27. The molecule has 0 spiro atoms. The maximum absolute atomic E-state index is 5.76. The molecule has 100 valence electrons. The summed E-state index contributed by atoms with van der Waals surface area (Å²) in [5.41, 5.74) is 2.33. The monoisotopic (exact) mass is 276 g/mol. The first-order valence-corrected chi connectivity index (χ1v) is 6.76. The van der Waals surface area contributed by atoms with Crippen molar-refractivity contribution in [1.82, 2.24) is 0 Å². The lowest BCUT2D eigenvalue weighted by atomic mass is 10.1. The van der Waals surface area contributed by atoms with Gasteiger partial charge in [0.1, 0.15) is 11.5 Å². The molecule has 0 heterocycles. The summed E-state index contributed by atoms with van der Waals surface area (Å²) in [5, 5.41) is 0. The Morgan fingerprint density at radius 2 is 1.37 bits per heavy atom. The first kappa shape index (κ1) is 13.9. The van der Waals surface area contributed by atoms with Gasteiger partial charge in [-0.1, -0.05) is 24.3 Å². The number of hydrogen-bond acceptors (Lipinski definition) is 2. The van der Waals surface area contributed by atoms with Crippen molar-refractivity contribution in [1.29, 1.82) is 0 Å². The van der Waals surface area contributed by atoms with E-state index in [1.165, 1.54) is 5.56 Å². The third kappa shape index (κ3) is 4.27. The SMILES string of the molecule is COCCc1ccc(Oc2ccc(CCl)cc2)cc1. The molecule has 0 N–H and O–H groups in total. The maximum Gasteiger partial charge on any atom is 0.127 e. The summed E-state index contributed by atoms with van der Waals surface area (Å²) in [6.07, 6.45) is 0.918. The quantitative estimate of drug-likeness (QED) is 0.728. The molecule has 0 radical (unpaired) electrons. The van der Waals surface area contributed by atoms with Crippen molar-refractivity contribution < 1.29 is 9.47 Å². The van der Waals surface area contributed by atoms with E-state index >= 15 is 0 Å². The zero-order chi connectivity index (χ0) is 13.5. The zero-order valence-electron chi connectivity index (χ0n) is 10.9. The molecule has 2 aromatic rings. The van der Waals surface area contributed by atoms with Gasteiger partial charge in [-0.2, -0.15) is 0 Å². The fourth-order valence-electron chi connectivity index (χ4n) is 1.73. The highest BCUT2D eigenvalue weighted by Crippen LogP contribution is 2.22. The highest BCUT2D eigenvalue weighted by Gasteiger charge is 1.99. The van der Waals surface area contributed by atoms with Crippen LogP contribution in [0.1, 0.15) is 11.1 Å². The van der Waals surface area contributed by atoms with Crippen LogP contribution in [0.3, 0.4) is 0 Å². The fraction of sp³-hybridized carbons (Fsp3) is 0.250. The van der Waals surface area contributed by atoms with Crippen LogP contribution in [-0.4, -0.2) is 13.7 Å². The molecular formula is C16H17ClO2. The van der Waals surface area contributed by atoms with E-state index in [4.69, 9.17) is 21.1 Å². The van der Waals surface area contributed by atoms with Gasteiger partial charge in [0.05, 0.1) is 6.61 Å². The van der Waals surface area contributed by atoms with E-state index in [1.54, 1.807) is 7.11 Å². The summed E-state index contributed by atoms with van der Waals surface area (Å²) in [7, 11) is 1.71. The number of ether oxygens (including phenoxy) is 2. The predicted molar refractivity (Wildman–Crippen MR) is 78.1 cm³/mol. The van der Waals surface area contributed by atoms with Crippen LogP contribution in [0.15, 0.2) is 48.5 Å². The molecule has 0 atom stereocenters. The minimum Gasteiger partial charge on any atom is -0.457 e.